The molecule has 1 atom stereocenters. The molecule has 0 amide bonds. The summed E-state index contributed by atoms with van der Waals surface area (Å²) < 4.78 is 11.4. The van der Waals surface area contributed by atoms with Crippen LogP contribution in [-0.2, 0) is 11.3 Å². The lowest BCUT2D eigenvalue weighted by molar-refractivity contribution is -0.0332. The van der Waals surface area contributed by atoms with Crippen LogP contribution in [0.1, 0.15) is 17.4 Å². The molecule has 1 aliphatic heterocycles. The normalized spacial score (nSPS) is 17.6. The van der Waals surface area contributed by atoms with E-state index in [1.807, 2.05) is 42.5 Å². The maximum absolute atomic E-state index is 6.16. The Hall–Kier alpha value is -1.63. The van der Waals surface area contributed by atoms with Gasteiger partial charge < -0.3 is 9.47 Å². The van der Waals surface area contributed by atoms with Crippen LogP contribution in [0.4, 0.5) is 0 Å². The fourth-order valence-corrected chi connectivity index (χ4v) is 4.46. The average Bonchev–Trinajstić information content (AvgIpc) is 3.18. The van der Waals surface area contributed by atoms with Crippen molar-refractivity contribution < 1.29 is 9.47 Å². The van der Waals surface area contributed by atoms with E-state index in [0.29, 0.717) is 16.7 Å². The zero-order valence-electron chi connectivity index (χ0n) is 15.4. The molecule has 4 nitrogen and oxygen atoms in total. The van der Waals surface area contributed by atoms with Gasteiger partial charge in [-0.3, -0.25) is 4.90 Å². The molecule has 1 saturated heterocycles. The first-order valence-corrected chi connectivity index (χ1v) is 10.6. The summed E-state index contributed by atoms with van der Waals surface area (Å²) in [6.07, 6.45) is -0.0177. The van der Waals surface area contributed by atoms with Gasteiger partial charge in [0.25, 0.3) is 0 Å². The summed E-state index contributed by atoms with van der Waals surface area (Å²) in [5.74, 6) is 0.842. The molecule has 0 bridgehead atoms. The second-order valence-corrected chi connectivity index (χ2v) is 8.28. The zero-order chi connectivity index (χ0) is 19.5. The average molecular weight is 435 g/mol. The molecule has 1 aromatic heterocycles. The molecule has 0 saturated carbocycles. The van der Waals surface area contributed by atoms with Gasteiger partial charge >= 0.3 is 0 Å². The van der Waals surface area contributed by atoms with Crippen LogP contribution in [0.25, 0.3) is 10.6 Å². The molecule has 7 heteroatoms. The monoisotopic (exact) mass is 434 g/mol. The van der Waals surface area contributed by atoms with Crippen molar-refractivity contribution in [1.82, 2.24) is 9.88 Å². The highest BCUT2D eigenvalue weighted by atomic mass is 35.5. The number of nitrogens with zero attached hydrogens (tertiary/aromatic N) is 2. The highest BCUT2D eigenvalue weighted by Crippen LogP contribution is 2.33. The molecule has 0 spiro atoms. The summed E-state index contributed by atoms with van der Waals surface area (Å²) in [5, 5.41) is 4.21. The summed E-state index contributed by atoms with van der Waals surface area (Å²) in [7, 11) is 1.68. The Morgan fingerprint density at radius 3 is 2.89 bits per heavy atom. The molecule has 1 aliphatic rings. The van der Waals surface area contributed by atoms with Crippen LogP contribution in [0.2, 0.25) is 10.0 Å². The summed E-state index contributed by atoms with van der Waals surface area (Å²) in [5.41, 5.74) is 3.13. The number of thiazole rings is 1. The lowest BCUT2D eigenvalue weighted by Gasteiger charge is -2.32. The van der Waals surface area contributed by atoms with Gasteiger partial charge in [-0.2, -0.15) is 0 Å². The van der Waals surface area contributed by atoms with E-state index < -0.39 is 0 Å². The number of para-hydroxylation sites is 1. The van der Waals surface area contributed by atoms with E-state index in [1.54, 1.807) is 18.4 Å². The van der Waals surface area contributed by atoms with Crippen LogP contribution in [0.5, 0.6) is 5.75 Å². The molecule has 0 N–H and O–H groups in total. The molecule has 1 fully saturated rings. The minimum atomic E-state index is -0.0177. The summed E-state index contributed by atoms with van der Waals surface area (Å²) in [6.45, 7) is 3.13. The van der Waals surface area contributed by atoms with Gasteiger partial charge in [-0.15, -0.1) is 11.3 Å². The molecule has 4 rings (SSSR count). The van der Waals surface area contributed by atoms with Gasteiger partial charge in [0.15, 0.2) is 0 Å². The van der Waals surface area contributed by atoms with E-state index in [9.17, 15) is 0 Å². The summed E-state index contributed by atoms with van der Waals surface area (Å²) >= 11 is 13.8. The summed E-state index contributed by atoms with van der Waals surface area (Å²) in [4.78, 5) is 7.18. The number of methoxy groups -OCH3 is 1. The number of benzene rings is 2. The second-order valence-electron chi connectivity index (χ2n) is 6.61. The number of halogens is 2. The molecule has 0 aliphatic carbocycles. The van der Waals surface area contributed by atoms with E-state index in [4.69, 9.17) is 37.7 Å². The molecular formula is C21H20Cl2N2O2S. The smallest absolute Gasteiger partial charge is 0.129 e. The molecular weight excluding hydrogens is 415 g/mol. The quantitative estimate of drug-likeness (QED) is 0.515. The molecule has 146 valence electrons. The van der Waals surface area contributed by atoms with Crippen molar-refractivity contribution >= 4 is 34.5 Å². The third-order valence-electron chi connectivity index (χ3n) is 4.74. The Morgan fingerprint density at radius 1 is 1.21 bits per heavy atom. The van der Waals surface area contributed by atoms with Gasteiger partial charge in [0.1, 0.15) is 10.8 Å². The Balaban J connectivity index is 1.46. The van der Waals surface area contributed by atoms with E-state index in [2.05, 4.69) is 10.3 Å². The largest absolute Gasteiger partial charge is 0.496 e. The van der Waals surface area contributed by atoms with Gasteiger partial charge in [-0.05, 0) is 29.8 Å². The van der Waals surface area contributed by atoms with Gasteiger partial charge in [0, 0.05) is 25.0 Å². The first-order valence-electron chi connectivity index (χ1n) is 9.00. The predicted molar refractivity (Wildman–Crippen MR) is 115 cm³/mol. The van der Waals surface area contributed by atoms with Crippen molar-refractivity contribution in [3.8, 4) is 16.3 Å². The molecule has 2 aromatic carbocycles. The number of aromatic nitrogens is 1. The Bertz CT molecular complexity index is 963. The van der Waals surface area contributed by atoms with E-state index in [-0.39, 0.29) is 6.10 Å². The molecule has 0 radical (unpaired) electrons. The van der Waals surface area contributed by atoms with Crippen molar-refractivity contribution in [3.63, 3.8) is 0 Å². The Kier molecular flexibility index (Phi) is 6.19. The predicted octanol–water partition coefficient (Wildman–Crippen LogP) is 5.70. The first kappa shape index (κ1) is 19.7. The van der Waals surface area contributed by atoms with Gasteiger partial charge in [0.2, 0.25) is 0 Å². The third kappa shape index (κ3) is 4.34. The van der Waals surface area contributed by atoms with Crippen LogP contribution in [0.3, 0.4) is 0 Å². The third-order valence-corrected chi connectivity index (χ3v) is 6.40. The highest BCUT2D eigenvalue weighted by molar-refractivity contribution is 7.13. The standard InChI is InChI=1S/C21H20Cl2N2O2S/c1-26-19-5-3-2-4-16(19)21-24-15(13-28-21)11-25-8-9-27-20(12-25)14-6-7-17(22)18(23)10-14/h2-7,10,13,20H,8-9,11-12H2,1H3. The van der Waals surface area contributed by atoms with Crippen molar-refractivity contribution in [3.05, 3.63) is 69.1 Å². The Labute approximate surface area is 178 Å². The first-order chi connectivity index (χ1) is 13.6. The van der Waals surface area contributed by atoms with Crippen LogP contribution in [0, 0.1) is 0 Å². The maximum Gasteiger partial charge on any atom is 0.129 e. The minimum absolute atomic E-state index is 0.0177. The Morgan fingerprint density at radius 2 is 2.07 bits per heavy atom. The lowest BCUT2D eigenvalue weighted by Crippen LogP contribution is -2.37. The minimum Gasteiger partial charge on any atom is -0.496 e. The maximum atomic E-state index is 6.16. The molecule has 2 heterocycles. The summed E-state index contributed by atoms with van der Waals surface area (Å²) in [6, 6.07) is 13.7. The fourth-order valence-electron chi connectivity index (χ4n) is 3.31. The van der Waals surface area contributed by atoms with Crippen LogP contribution in [0.15, 0.2) is 47.8 Å². The zero-order valence-corrected chi connectivity index (χ0v) is 17.7. The lowest BCUT2D eigenvalue weighted by atomic mass is 10.1. The fraction of sp³-hybridized carbons (Fsp3) is 0.286. The number of hydrogen-bond acceptors (Lipinski definition) is 5. The van der Waals surface area contributed by atoms with Crippen LogP contribution < -0.4 is 4.74 Å². The van der Waals surface area contributed by atoms with Gasteiger partial charge in [0.05, 0.1) is 41.1 Å². The molecule has 28 heavy (non-hydrogen) atoms. The SMILES string of the molecule is COc1ccccc1-c1nc(CN2CCOC(c3ccc(Cl)c(Cl)c3)C2)cs1. The van der Waals surface area contributed by atoms with Crippen molar-refractivity contribution in [2.45, 2.75) is 12.6 Å². The van der Waals surface area contributed by atoms with Crippen molar-refractivity contribution in [2.75, 3.05) is 26.8 Å². The van der Waals surface area contributed by atoms with E-state index in [0.717, 1.165) is 47.2 Å². The molecule has 1 unspecified atom stereocenters. The van der Waals surface area contributed by atoms with Crippen LogP contribution >= 0.6 is 34.5 Å². The number of morpholine rings is 1. The number of ether oxygens (including phenoxy) is 2. The topological polar surface area (TPSA) is 34.6 Å². The van der Waals surface area contributed by atoms with E-state index in [1.165, 1.54) is 0 Å². The van der Waals surface area contributed by atoms with Crippen molar-refractivity contribution in [1.29, 1.82) is 0 Å². The number of hydrogen-bond donors (Lipinski definition) is 0. The van der Waals surface area contributed by atoms with E-state index >= 15 is 0 Å². The number of rotatable bonds is 5. The van der Waals surface area contributed by atoms with Crippen molar-refractivity contribution in [2.24, 2.45) is 0 Å². The second kappa shape index (κ2) is 8.80. The molecule has 3 aromatic rings. The highest BCUT2D eigenvalue weighted by Gasteiger charge is 2.23. The van der Waals surface area contributed by atoms with Gasteiger partial charge in [-0.1, -0.05) is 41.4 Å². The van der Waals surface area contributed by atoms with Crippen LogP contribution in [-0.4, -0.2) is 36.7 Å². The van der Waals surface area contributed by atoms with Gasteiger partial charge in [-0.25, -0.2) is 4.98 Å².